The molecule has 39 heavy (non-hydrogen) atoms. The average Bonchev–Trinajstić information content (AvgIpc) is 3.50. The Morgan fingerprint density at radius 1 is 1.08 bits per heavy atom. The van der Waals surface area contributed by atoms with Gasteiger partial charge in [-0.15, -0.1) is 0 Å². The highest BCUT2D eigenvalue weighted by atomic mass is 19.4. The second kappa shape index (κ2) is 9.29. The molecule has 4 aromatic heterocycles. The molecule has 11 nitrogen and oxygen atoms in total. The topological polar surface area (TPSA) is 144 Å². The molecular formula is C25H22F3N9O2. The molecule has 6 rings (SSSR count). The normalized spacial score (nSPS) is 19.4. The van der Waals surface area contributed by atoms with Crippen LogP contribution in [0.3, 0.4) is 0 Å². The van der Waals surface area contributed by atoms with E-state index in [1.807, 2.05) is 9.30 Å². The second-order valence-corrected chi connectivity index (χ2v) is 9.54. The summed E-state index contributed by atoms with van der Waals surface area (Å²) in [7, 11) is 0. The summed E-state index contributed by atoms with van der Waals surface area (Å²) < 4.78 is 40.8. The summed E-state index contributed by atoms with van der Waals surface area (Å²) in [5, 5.41) is 2.28. The van der Waals surface area contributed by atoms with Crippen LogP contribution in [0.15, 0.2) is 43.1 Å². The van der Waals surface area contributed by atoms with E-state index in [1.54, 1.807) is 12.4 Å². The van der Waals surface area contributed by atoms with Crippen molar-refractivity contribution in [2.24, 2.45) is 0 Å². The van der Waals surface area contributed by atoms with E-state index in [4.69, 9.17) is 10.7 Å². The fourth-order valence-corrected chi connectivity index (χ4v) is 5.27. The number of pyridine rings is 1. The minimum atomic E-state index is -4.58. The molecule has 0 spiro atoms. The maximum Gasteiger partial charge on any atom is 0.416 e. The number of halogens is 3. The molecule has 6 heterocycles. The minimum absolute atomic E-state index is 0.00252. The van der Waals surface area contributed by atoms with Gasteiger partial charge in [0.15, 0.2) is 0 Å². The van der Waals surface area contributed by atoms with E-state index in [-0.39, 0.29) is 35.3 Å². The molecule has 14 heteroatoms. The van der Waals surface area contributed by atoms with Crippen LogP contribution >= 0.6 is 0 Å². The largest absolute Gasteiger partial charge is 0.416 e. The first-order chi connectivity index (χ1) is 18.7. The fourth-order valence-electron chi connectivity index (χ4n) is 5.27. The van der Waals surface area contributed by atoms with Crippen LogP contribution in [0.1, 0.15) is 53.6 Å². The third kappa shape index (κ3) is 4.51. The quantitative estimate of drug-likeness (QED) is 0.404. The van der Waals surface area contributed by atoms with Crippen LogP contribution < -0.4 is 11.1 Å². The van der Waals surface area contributed by atoms with E-state index < -0.39 is 17.6 Å². The molecule has 2 aliphatic heterocycles. The zero-order valence-corrected chi connectivity index (χ0v) is 20.4. The van der Waals surface area contributed by atoms with Crippen molar-refractivity contribution in [1.82, 2.24) is 34.2 Å². The summed E-state index contributed by atoms with van der Waals surface area (Å²) in [6.45, 7) is 0.573. The Balaban J connectivity index is 1.28. The van der Waals surface area contributed by atoms with Crippen molar-refractivity contribution >= 4 is 29.0 Å². The Kier molecular flexibility index (Phi) is 5.88. The first-order valence-electron chi connectivity index (χ1n) is 12.3. The van der Waals surface area contributed by atoms with Gasteiger partial charge in [-0.25, -0.2) is 24.9 Å². The lowest BCUT2D eigenvalue weighted by Gasteiger charge is -2.34. The minimum Gasteiger partial charge on any atom is -0.382 e. The zero-order chi connectivity index (χ0) is 27.3. The lowest BCUT2D eigenvalue weighted by Crippen LogP contribution is -2.41. The molecule has 0 aliphatic carbocycles. The van der Waals surface area contributed by atoms with Gasteiger partial charge < -0.3 is 16.0 Å². The predicted molar refractivity (Wildman–Crippen MR) is 132 cm³/mol. The van der Waals surface area contributed by atoms with Crippen molar-refractivity contribution in [1.29, 1.82) is 0 Å². The summed E-state index contributed by atoms with van der Waals surface area (Å²) >= 11 is 0. The van der Waals surface area contributed by atoms with Crippen LogP contribution in [0.5, 0.6) is 0 Å². The van der Waals surface area contributed by atoms with Gasteiger partial charge in [0.05, 0.1) is 5.56 Å². The maximum absolute atomic E-state index is 13.0. The van der Waals surface area contributed by atoms with Crippen molar-refractivity contribution in [3.05, 3.63) is 60.3 Å². The number of carbonyl (C=O) groups excluding carboxylic acids is 2. The van der Waals surface area contributed by atoms with Gasteiger partial charge in [-0.1, -0.05) is 0 Å². The molecule has 4 aromatic rings. The summed E-state index contributed by atoms with van der Waals surface area (Å²) in [5.74, 6) is -0.223. The number of amides is 2. The van der Waals surface area contributed by atoms with Crippen LogP contribution in [0.4, 0.5) is 24.8 Å². The lowest BCUT2D eigenvalue weighted by atomic mass is 9.92. The van der Waals surface area contributed by atoms with Crippen molar-refractivity contribution in [3.63, 3.8) is 0 Å². The molecule has 2 aliphatic rings. The summed E-state index contributed by atoms with van der Waals surface area (Å²) in [5.41, 5.74) is 6.77. The number of anilines is 2. The van der Waals surface area contributed by atoms with Gasteiger partial charge in [-0.3, -0.25) is 14.0 Å². The number of carbonyl (C=O) groups is 2. The fraction of sp³-hybridized carbons (Fsp3) is 0.320. The molecule has 2 fully saturated rings. The standard InChI is InChI=1S/C25H22F3N9O2/c26-25(27,28)15-5-6-30-17(9-15)34-24(39)22-32-10-14(11-33-22)19-20-21(29)31-7-8-36(20)23(35-19)13-1-2-16-3-4-18(38)37(16)12-13/h5-11,13,16H,1-4,12H2,(H2,29,31)(H,30,34,39)/t13-,16+/m1/s1. The number of nitrogens with zero attached hydrogens (tertiary/aromatic N) is 7. The Bertz CT molecular complexity index is 1590. The maximum atomic E-state index is 13.0. The van der Waals surface area contributed by atoms with E-state index in [9.17, 15) is 22.8 Å². The van der Waals surface area contributed by atoms with Crippen molar-refractivity contribution in [3.8, 4) is 11.3 Å². The Morgan fingerprint density at radius 3 is 2.64 bits per heavy atom. The van der Waals surface area contributed by atoms with E-state index in [1.165, 1.54) is 12.4 Å². The number of rotatable bonds is 4. The number of hydrogen-bond acceptors (Lipinski definition) is 8. The Labute approximate surface area is 219 Å². The van der Waals surface area contributed by atoms with Gasteiger partial charge in [0.2, 0.25) is 11.7 Å². The molecule has 0 aromatic carbocycles. The van der Waals surface area contributed by atoms with Crippen LogP contribution in [-0.2, 0) is 11.0 Å². The smallest absolute Gasteiger partial charge is 0.382 e. The molecule has 2 atom stereocenters. The SMILES string of the molecule is Nc1nccn2c([C@@H]3CC[C@H]4CCC(=O)N4C3)nc(-c3cnc(C(=O)Nc4cc(C(F)(F)F)ccn4)nc3)c12. The Hall–Kier alpha value is -4.62. The predicted octanol–water partition coefficient (Wildman–Crippen LogP) is 3.30. The first-order valence-corrected chi connectivity index (χ1v) is 12.3. The number of nitrogens with two attached hydrogens (primary N) is 1. The van der Waals surface area contributed by atoms with Crippen molar-refractivity contribution in [2.45, 2.75) is 43.8 Å². The van der Waals surface area contributed by atoms with Crippen LogP contribution in [-0.4, -0.2) is 58.6 Å². The van der Waals surface area contributed by atoms with Crippen LogP contribution in [0, 0.1) is 0 Å². The van der Waals surface area contributed by atoms with Gasteiger partial charge in [0.25, 0.3) is 5.91 Å². The first kappa shape index (κ1) is 24.7. The highest BCUT2D eigenvalue weighted by Crippen LogP contribution is 2.38. The van der Waals surface area contributed by atoms with Gasteiger partial charge in [-0.2, -0.15) is 13.2 Å². The number of aromatic nitrogens is 6. The van der Waals surface area contributed by atoms with E-state index in [2.05, 4.69) is 25.3 Å². The number of alkyl halides is 3. The molecule has 0 radical (unpaired) electrons. The molecule has 2 saturated heterocycles. The third-order valence-corrected chi connectivity index (χ3v) is 7.15. The van der Waals surface area contributed by atoms with Gasteiger partial charge >= 0.3 is 6.18 Å². The third-order valence-electron chi connectivity index (χ3n) is 7.15. The average molecular weight is 538 g/mol. The van der Waals surface area contributed by atoms with Crippen molar-refractivity contribution in [2.75, 3.05) is 17.6 Å². The molecule has 2 amide bonds. The highest BCUT2D eigenvalue weighted by molar-refractivity contribution is 6.01. The molecule has 0 unspecified atom stereocenters. The summed E-state index contributed by atoms with van der Waals surface area (Å²) in [6, 6.07) is 1.81. The summed E-state index contributed by atoms with van der Waals surface area (Å²) in [4.78, 5) is 47.9. The van der Waals surface area contributed by atoms with Gasteiger partial charge in [0.1, 0.15) is 28.7 Å². The number of piperidine rings is 1. The van der Waals surface area contributed by atoms with Gasteiger partial charge in [0, 0.05) is 61.5 Å². The number of nitrogen functional groups attached to an aromatic ring is 1. The number of imidazole rings is 1. The van der Waals surface area contributed by atoms with Crippen LogP contribution in [0.2, 0.25) is 0 Å². The molecule has 0 saturated carbocycles. The Morgan fingerprint density at radius 2 is 1.87 bits per heavy atom. The highest BCUT2D eigenvalue weighted by Gasteiger charge is 2.38. The number of nitrogens with one attached hydrogen (secondary N) is 1. The van der Waals surface area contributed by atoms with Crippen molar-refractivity contribution < 1.29 is 22.8 Å². The zero-order valence-electron chi connectivity index (χ0n) is 20.4. The molecule has 3 N–H and O–H groups in total. The second-order valence-electron chi connectivity index (χ2n) is 9.54. The monoisotopic (exact) mass is 537 g/mol. The number of fused-ring (bicyclic) bond motifs is 2. The summed E-state index contributed by atoms with van der Waals surface area (Å²) in [6.07, 6.45) is 5.72. The van der Waals surface area contributed by atoms with E-state index >= 15 is 0 Å². The molecule has 0 bridgehead atoms. The van der Waals surface area contributed by atoms with Crippen LogP contribution in [0.25, 0.3) is 16.8 Å². The molecule has 200 valence electrons. The molecular weight excluding hydrogens is 515 g/mol. The van der Waals surface area contributed by atoms with Gasteiger partial charge in [-0.05, 0) is 31.4 Å². The number of hydrogen-bond donors (Lipinski definition) is 2. The van der Waals surface area contributed by atoms with E-state index in [0.717, 1.165) is 43.4 Å². The lowest BCUT2D eigenvalue weighted by molar-refractivity contribution is -0.137. The van der Waals surface area contributed by atoms with E-state index in [0.29, 0.717) is 29.7 Å².